The first-order valence-corrected chi connectivity index (χ1v) is 15.5. The van der Waals surface area contributed by atoms with Crippen LogP contribution in [0.5, 0.6) is 0 Å². The van der Waals surface area contributed by atoms with Crippen molar-refractivity contribution in [2.75, 3.05) is 0 Å². The maximum absolute atomic E-state index is 5.15. The highest BCUT2D eigenvalue weighted by molar-refractivity contribution is 5.96. The van der Waals surface area contributed by atoms with Crippen molar-refractivity contribution < 1.29 is 0 Å². The fraction of sp³-hybridized carbons (Fsp3) is 0.0238. The third-order valence-electron chi connectivity index (χ3n) is 9.00. The number of hydrogen-bond donors (Lipinski definition) is 1. The zero-order valence-corrected chi connectivity index (χ0v) is 24.6. The molecular formula is C42H29N3. The summed E-state index contributed by atoms with van der Waals surface area (Å²) in [5, 5.41) is 4.96. The van der Waals surface area contributed by atoms with E-state index in [2.05, 4.69) is 167 Å². The Kier molecular flexibility index (Phi) is 5.88. The number of pyridine rings is 1. The zero-order valence-electron chi connectivity index (χ0n) is 24.6. The summed E-state index contributed by atoms with van der Waals surface area (Å²) in [4.78, 5) is 8.81. The SMILES string of the molecule is C1=c2[nH]c3ccccc3c2=Cc2c(n(-c3ccccc3-c3cc(-c4ccccc4)nc(-c4ccccc4)c3)c3ccccc23)C1. The summed E-state index contributed by atoms with van der Waals surface area (Å²) in [5.74, 6) is 0. The number of fused-ring (bicyclic) bond motifs is 6. The van der Waals surface area contributed by atoms with Crippen molar-refractivity contribution in [2.45, 2.75) is 6.42 Å². The van der Waals surface area contributed by atoms with Crippen molar-refractivity contribution in [2.24, 2.45) is 0 Å². The van der Waals surface area contributed by atoms with E-state index in [-0.39, 0.29) is 0 Å². The van der Waals surface area contributed by atoms with Gasteiger partial charge in [-0.2, -0.15) is 0 Å². The molecule has 8 aromatic rings. The number of aromatic nitrogens is 3. The van der Waals surface area contributed by atoms with Gasteiger partial charge in [0.2, 0.25) is 0 Å². The van der Waals surface area contributed by atoms with Gasteiger partial charge in [-0.15, -0.1) is 0 Å². The lowest BCUT2D eigenvalue weighted by Gasteiger charge is -2.17. The molecule has 0 fully saturated rings. The highest BCUT2D eigenvalue weighted by atomic mass is 15.0. The summed E-state index contributed by atoms with van der Waals surface area (Å²) in [6, 6.07) is 51.6. The number of para-hydroxylation sites is 3. The summed E-state index contributed by atoms with van der Waals surface area (Å²) in [6.07, 6.45) is 5.56. The molecule has 0 saturated heterocycles. The van der Waals surface area contributed by atoms with Crippen LogP contribution in [0.4, 0.5) is 0 Å². The van der Waals surface area contributed by atoms with Gasteiger partial charge >= 0.3 is 0 Å². The van der Waals surface area contributed by atoms with Gasteiger partial charge in [0.05, 0.1) is 22.6 Å². The second-order valence-electron chi connectivity index (χ2n) is 11.6. The van der Waals surface area contributed by atoms with Gasteiger partial charge < -0.3 is 9.55 Å². The first-order chi connectivity index (χ1) is 22.3. The predicted molar refractivity (Wildman–Crippen MR) is 187 cm³/mol. The second-order valence-corrected chi connectivity index (χ2v) is 11.6. The van der Waals surface area contributed by atoms with Crippen molar-refractivity contribution in [3.05, 3.63) is 167 Å². The van der Waals surface area contributed by atoms with Crippen molar-refractivity contribution in [1.82, 2.24) is 14.5 Å². The third kappa shape index (κ3) is 4.24. The summed E-state index contributed by atoms with van der Waals surface area (Å²) < 4.78 is 2.48. The Balaban J connectivity index is 1.31. The van der Waals surface area contributed by atoms with Crippen molar-refractivity contribution in [3.8, 4) is 39.3 Å². The summed E-state index contributed by atoms with van der Waals surface area (Å²) in [7, 11) is 0. The molecule has 0 unspecified atom stereocenters. The molecule has 9 rings (SSSR count). The molecule has 3 heterocycles. The Morgan fingerprint density at radius 3 is 1.96 bits per heavy atom. The van der Waals surface area contributed by atoms with Crippen LogP contribution < -0.4 is 10.6 Å². The van der Waals surface area contributed by atoms with E-state index in [9.17, 15) is 0 Å². The van der Waals surface area contributed by atoms with Crippen LogP contribution in [0.3, 0.4) is 0 Å². The average Bonchev–Trinajstić information content (AvgIpc) is 3.56. The van der Waals surface area contributed by atoms with Crippen molar-refractivity contribution in [3.63, 3.8) is 0 Å². The highest BCUT2D eigenvalue weighted by Gasteiger charge is 2.21. The molecule has 1 aliphatic carbocycles. The number of H-pyrrole nitrogens is 1. The van der Waals surface area contributed by atoms with E-state index in [0.29, 0.717) is 0 Å². The molecule has 5 aromatic carbocycles. The number of benzene rings is 5. The van der Waals surface area contributed by atoms with Gasteiger partial charge in [0.25, 0.3) is 0 Å². The van der Waals surface area contributed by atoms with Crippen LogP contribution >= 0.6 is 0 Å². The number of nitrogens with one attached hydrogen (secondary N) is 1. The molecule has 212 valence electrons. The summed E-state index contributed by atoms with van der Waals surface area (Å²) in [6.45, 7) is 0. The van der Waals surface area contributed by atoms with Crippen LogP contribution in [0.15, 0.2) is 146 Å². The fourth-order valence-corrected chi connectivity index (χ4v) is 6.91. The van der Waals surface area contributed by atoms with Crippen LogP contribution in [0.25, 0.3) is 73.3 Å². The lowest BCUT2D eigenvalue weighted by atomic mass is 9.98. The van der Waals surface area contributed by atoms with Crippen LogP contribution in [-0.2, 0) is 6.42 Å². The second kappa shape index (κ2) is 10.4. The van der Waals surface area contributed by atoms with Gasteiger partial charge in [-0.25, -0.2) is 4.98 Å². The topological polar surface area (TPSA) is 33.6 Å². The van der Waals surface area contributed by atoms with E-state index >= 15 is 0 Å². The van der Waals surface area contributed by atoms with Crippen LogP contribution in [0, 0.1) is 0 Å². The molecule has 0 aliphatic heterocycles. The molecule has 3 nitrogen and oxygen atoms in total. The predicted octanol–water partition coefficient (Wildman–Crippen LogP) is 8.67. The van der Waals surface area contributed by atoms with Crippen LogP contribution in [0.2, 0.25) is 0 Å². The smallest absolute Gasteiger partial charge is 0.0715 e. The van der Waals surface area contributed by atoms with E-state index in [4.69, 9.17) is 4.98 Å². The maximum Gasteiger partial charge on any atom is 0.0715 e. The lowest BCUT2D eigenvalue weighted by Crippen LogP contribution is -2.22. The van der Waals surface area contributed by atoms with Gasteiger partial charge in [0, 0.05) is 61.2 Å². The molecule has 3 aromatic heterocycles. The first kappa shape index (κ1) is 25.6. The minimum absolute atomic E-state index is 0.815. The third-order valence-corrected chi connectivity index (χ3v) is 9.00. The van der Waals surface area contributed by atoms with Gasteiger partial charge in [0.1, 0.15) is 0 Å². The normalized spacial score (nSPS) is 12.3. The van der Waals surface area contributed by atoms with Crippen LogP contribution in [-0.4, -0.2) is 14.5 Å². The van der Waals surface area contributed by atoms with E-state index in [1.807, 2.05) is 0 Å². The van der Waals surface area contributed by atoms with Crippen molar-refractivity contribution >= 4 is 34.0 Å². The largest absolute Gasteiger partial charge is 0.355 e. The maximum atomic E-state index is 5.15. The zero-order chi connectivity index (χ0) is 29.7. The molecule has 0 saturated carbocycles. The quantitative estimate of drug-likeness (QED) is 0.224. The molecule has 0 atom stereocenters. The van der Waals surface area contributed by atoms with Gasteiger partial charge in [-0.1, -0.05) is 121 Å². The molecule has 45 heavy (non-hydrogen) atoms. The Hall–Kier alpha value is -5.93. The Morgan fingerprint density at radius 2 is 1.20 bits per heavy atom. The number of nitrogens with zero attached hydrogens (tertiary/aromatic N) is 2. The summed E-state index contributed by atoms with van der Waals surface area (Å²) >= 11 is 0. The van der Waals surface area contributed by atoms with Gasteiger partial charge in [0.15, 0.2) is 0 Å². The molecule has 1 N–H and O–H groups in total. The van der Waals surface area contributed by atoms with E-state index in [1.165, 1.54) is 49.2 Å². The van der Waals surface area contributed by atoms with Gasteiger partial charge in [-0.05, 0) is 42.0 Å². The minimum atomic E-state index is 0.815. The monoisotopic (exact) mass is 575 g/mol. The van der Waals surface area contributed by atoms with Crippen LogP contribution in [0.1, 0.15) is 11.3 Å². The van der Waals surface area contributed by atoms with E-state index in [0.717, 1.165) is 40.2 Å². The molecule has 0 spiro atoms. The molecule has 0 bridgehead atoms. The molecule has 0 radical (unpaired) electrons. The Morgan fingerprint density at radius 1 is 0.578 bits per heavy atom. The summed E-state index contributed by atoms with van der Waals surface area (Å²) in [5.41, 5.74) is 12.6. The van der Waals surface area contributed by atoms with Gasteiger partial charge in [-0.3, -0.25) is 0 Å². The number of hydrogen-bond acceptors (Lipinski definition) is 1. The average molecular weight is 576 g/mol. The standard InChI is InChI=1S/C42H29N3/c1-3-13-28(14-4-1)38-25-30(26-39(44-38)29-15-5-2-6-16-29)31-17-8-11-21-40(31)45-41-22-12-9-19-33(41)35-27-34-32-18-7-10-20-36(32)43-37(34)23-24-42(35)45/h1-23,25-27,43H,24H2. The number of rotatable bonds is 4. The number of aromatic amines is 1. The molecule has 0 amide bonds. The molecule has 1 aliphatic rings. The minimum Gasteiger partial charge on any atom is -0.355 e. The molecule has 3 heteroatoms. The lowest BCUT2D eigenvalue weighted by molar-refractivity contribution is 1.02. The van der Waals surface area contributed by atoms with E-state index in [1.54, 1.807) is 0 Å². The Bertz CT molecular complexity index is 2440. The fourth-order valence-electron chi connectivity index (χ4n) is 6.91. The Labute approximate surface area is 261 Å². The van der Waals surface area contributed by atoms with Crippen molar-refractivity contribution in [1.29, 1.82) is 0 Å². The molecular weight excluding hydrogens is 546 g/mol. The first-order valence-electron chi connectivity index (χ1n) is 15.5. The highest BCUT2D eigenvalue weighted by Crippen LogP contribution is 2.38. The van der Waals surface area contributed by atoms with E-state index < -0.39 is 0 Å².